The lowest BCUT2D eigenvalue weighted by Crippen LogP contribution is -1.84. The van der Waals surface area contributed by atoms with Gasteiger partial charge in [-0.2, -0.15) is 10.4 Å². The van der Waals surface area contributed by atoms with Crippen molar-refractivity contribution in [2.75, 3.05) is 0 Å². The molecule has 0 bridgehead atoms. The summed E-state index contributed by atoms with van der Waals surface area (Å²) in [6, 6.07) is 11.5. The Kier molecular flexibility index (Phi) is 3.22. The first kappa shape index (κ1) is 11.0. The molecule has 0 saturated heterocycles. The third kappa shape index (κ3) is 2.52. The third-order valence-electron chi connectivity index (χ3n) is 2.34. The second-order valence-electron chi connectivity index (χ2n) is 3.48. The highest BCUT2D eigenvalue weighted by Crippen LogP contribution is 2.22. The van der Waals surface area contributed by atoms with Crippen LogP contribution in [0.2, 0.25) is 0 Å². The molecule has 1 aromatic heterocycles. The second-order valence-corrected chi connectivity index (χ2v) is 3.48. The van der Waals surface area contributed by atoms with Gasteiger partial charge in [0, 0.05) is 6.20 Å². The number of rotatable bonds is 2. The highest BCUT2D eigenvalue weighted by Gasteiger charge is 2.02. The molecule has 0 atom stereocenters. The van der Waals surface area contributed by atoms with Crippen LogP contribution < -0.4 is 0 Å². The lowest BCUT2D eigenvalue weighted by molar-refractivity contribution is 1.16. The van der Waals surface area contributed by atoms with Crippen LogP contribution in [-0.4, -0.2) is 4.98 Å². The number of nitrogens with zero attached hydrogens (tertiary/aromatic N) is 4. The lowest BCUT2D eigenvalue weighted by atomic mass is 10.1. The topological polar surface area (TPSA) is 61.4 Å². The van der Waals surface area contributed by atoms with E-state index in [4.69, 9.17) is 5.26 Å². The van der Waals surface area contributed by atoms with Crippen LogP contribution in [0.3, 0.4) is 0 Å². The first-order chi connectivity index (χ1) is 8.31. The summed E-state index contributed by atoms with van der Waals surface area (Å²) in [6.07, 6.45) is 3.12. The third-order valence-corrected chi connectivity index (χ3v) is 2.34. The van der Waals surface area contributed by atoms with Crippen molar-refractivity contribution in [1.29, 1.82) is 5.26 Å². The normalized spacial score (nSPS) is 10.4. The molecule has 1 aromatic carbocycles. The molecule has 2 rings (SSSR count). The van der Waals surface area contributed by atoms with E-state index in [1.54, 1.807) is 6.20 Å². The zero-order valence-electron chi connectivity index (χ0n) is 9.33. The lowest BCUT2D eigenvalue weighted by Gasteiger charge is -1.99. The maximum atomic E-state index is 8.87. The minimum absolute atomic E-state index is 0.523. The molecule has 0 fully saturated rings. The van der Waals surface area contributed by atoms with Crippen LogP contribution in [0.5, 0.6) is 0 Å². The quantitative estimate of drug-likeness (QED) is 0.727. The number of azo groups is 1. The molecule has 0 spiro atoms. The van der Waals surface area contributed by atoms with Crippen LogP contribution in [0.25, 0.3) is 0 Å². The fourth-order valence-corrected chi connectivity index (χ4v) is 1.33. The largest absolute Gasteiger partial charge is 0.261 e. The summed E-state index contributed by atoms with van der Waals surface area (Å²) in [4.78, 5) is 3.95. The molecule has 0 radical (unpaired) electrons. The van der Waals surface area contributed by atoms with Crippen LogP contribution in [-0.2, 0) is 0 Å². The van der Waals surface area contributed by atoms with Gasteiger partial charge in [0.1, 0.15) is 11.8 Å². The molecule has 82 valence electrons. The van der Waals surface area contributed by atoms with Gasteiger partial charge in [0.2, 0.25) is 0 Å². The van der Waals surface area contributed by atoms with Crippen molar-refractivity contribution in [3.63, 3.8) is 0 Å². The van der Waals surface area contributed by atoms with Gasteiger partial charge >= 0.3 is 0 Å². The van der Waals surface area contributed by atoms with Gasteiger partial charge < -0.3 is 0 Å². The molecule has 2 aromatic rings. The van der Waals surface area contributed by atoms with Crippen molar-refractivity contribution in [1.82, 2.24) is 4.98 Å². The molecule has 0 aliphatic heterocycles. The summed E-state index contributed by atoms with van der Waals surface area (Å²) >= 11 is 0. The zero-order chi connectivity index (χ0) is 12.1. The van der Waals surface area contributed by atoms with Gasteiger partial charge in [0.15, 0.2) is 0 Å². The van der Waals surface area contributed by atoms with Gasteiger partial charge in [-0.25, -0.2) is 0 Å². The van der Waals surface area contributed by atoms with Crippen LogP contribution in [0.1, 0.15) is 11.1 Å². The fourth-order valence-electron chi connectivity index (χ4n) is 1.33. The summed E-state index contributed by atoms with van der Waals surface area (Å²) in [5.74, 6) is 0. The Balaban J connectivity index is 2.32. The number of nitriles is 1. The Hall–Kier alpha value is -2.54. The number of benzene rings is 1. The van der Waals surface area contributed by atoms with Gasteiger partial charge in [-0.15, -0.1) is 5.11 Å². The van der Waals surface area contributed by atoms with Gasteiger partial charge in [-0.1, -0.05) is 18.2 Å². The van der Waals surface area contributed by atoms with E-state index >= 15 is 0 Å². The van der Waals surface area contributed by atoms with Crippen LogP contribution >= 0.6 is 0 Å². The predicted octanol–water partition coefficient (Wildman–Crippen LogP) is 3.68. The number of hydrogen-bond acceptors (Lipinski definition) is 4. The van der Waals surface area contributed by atoms with E-state index < -0.39 is 0 Å². The van der Waals surface area contributed by atoms with E-state index in [2.05, 4.69) is 21.3 Å². The summed E-state index contributed by atoms with van der Waals surface area (Å²) < 4.78 is 0. The molecule has 0 N–H and O–H groups in total. The maximum Gasteiger partial charge on any atom is 0.108 e. The van der Waals surface area contributed by atoms with Crippen LogP contribution in [0.4, 0.5) is 11.4 Å². The van der Waals surface area contributed by atoms with Crippen molar-refractivity contribution in [3.05, 3.63) is 53.9 Å². The second kappa shape index (κ2) is 4.99. The van der Waals surface area contributed by atoms with Gasteiger partial charge in [0.05, 0.1) is 17.4 Å². The average Bonchev–Trinajstić information content (AvgIpc) is 2.39. The summed E-state index contributed by atoms with van der Waals surface area (Å²) in [5, 5.41) is 17.1. The Labute approximate surface area is 99.3 Å². The van der Waals surface area contributed by atoms with E-state index in [1.807, 2.05) is 37.3 Å². The first-order valence-corrected chi connectivity index (χ1v) is 5.13. The van der Waals surface area contributed by atoms with E-state index in [0.29, 0.717) is 11.3 Å². The molecule has 0 aliphatic carbocycles. The molecule has 0 saturated carbocycles. The summed E-state index contributed by atoms with van der Waals surface area (Å²) in [6.45, 7) is 1.83. The first-order valence-electron chi connectivity index (χ1n) is 5.13. The van der Waals surface area contributed by atoms with E-state index in [-0.39, 0.29) is 0 Å². The highest BCUT2D eigenvalue weighted by molar-refractivity contribution is 5.51. The Morgan fingerprint density at radius 1 is 1.12 bits per heavy atom. The molecule has 4 heteroatoms. The molecule has 0 aliphatic rings. The monoisotopic (exact) mass is 222 g/mol. The Morgan fingerprint density at radius 2 is 1.88 bits per heavy atom. The van der Waals surface area contributed by atoms with Crippen LogP contribution in [0, 0.1) is 18.3 Å². The Morgan fingerprint density at radius 3 is 2.59 bits per heavy atom. The van der Waals surface area contributed by atoms with Crippen molar-refractivity contribution < 1.29 is 0 Å². The molecule has 4 nitrogen and oxygen atoms in total. The highest BCUT2D eigenvalue weighted by atomic mass is 15.1. The zero-order valence-corrected chi connectivity index (χ0v) is 9.33. The minimum Gasteiger partial charge on any atom is -0.261 e. The molecule has 0 amide bonds. The van der Waals surface area contributed by atoms with Crippen molar-refractivity contribution in [2.45, 2.75) is 6.92 Å². The van der Waals surface area contributed by atoms with Crippen molar-refractivity contribution >= 4 is 11.4 Å². The molecular weight excluding hydrogens is 212 g/mol. The molecule has 1 heterocycles. The number of hydrogen-bond donors (Lipinski definition) is 0. The summed E-state index contributed by atoms with van der Waals surface area (Å²) in [7, 11) is 0. The van der Waals surface area contributed by atoms with Crippen LogP contribution in [0.15, 0.2) is 53.0 Å². The molecule has 17 heavy (non-hydrogen) atoms. The number of aromatic nitrogens is 1. The van der Waals surface area contributed by atoms with Gasteiger partial charge in [-0.05, 0) is 24.6 Å². The van der Waals surface area contributed by atoms with E-state index in [0.717, 1.165) is 11.3 Å². The molecule has 0 unspecified atom stereocenters. The average molecular weight is 222 g/mol. The van der Waals surface area contributed by atoms with Gasteiger partial charge in [-0.3, -0.25) is 4.98 Å². The standard InChI is InChI=1S/C13H10N4/c1-10-11(7-14)8-15-9-13(10)17-16-12-5-3-2-4-6-12/h2-6,8-9H,1H3/b17-16+. The SMILES string of the molecule is Cc1c(C#N)cncc1/N=N/c1ccccc1. The fraction of sp³-hybridized carbons (Fsp3) is 0.0769. The van der Waals surface area contributed by atoms with Crippen molar-refractivity contribution in [2.24, 2.45) is 10.2 Å². The van der Waals surface area contributed by atoms with E-state index in [1.165, 1.54) is 6.20 Å². The number of pyridine rings is 1. The minimum atomic E-state index is 0.523. The van der Waals surface area contributed by atoms with E-state index in [9.17, 15) is 0 Å². The smallest absolute Gasteiger partial charge is 0.108 e. The predicted molar refractivity (Wildman–Crippen MR) is 64.3 cm³/mol. The maximum absolute atomic E-state index is 8.87. The Bertz CT molecular complexity index is 582. The summed E-state index contributed by atoms with van der Waals surface area (Å²) in [5.41, 5.74) is 2.71. The van der Waals surface area contributed by atoms with Crippen molar-refractivity contribution in [3.8, 4) is 6.07 Å². The molecular formula is C13H10N4. The van der Waals surface area contributed by atoms with Gasteiger partial charge in [0.25, 0.3) is 0 Å².